The molecule has 2 aromatic carbocycles. The van der Waals surface area contributed by atoms with Crippen LogP contribution < -0.4 is 4.90 Å². The first-order valence-corrected chi connectivity index (χ1v) is 13.8. The normalized spacial score (nSPS) is 17.9. The standard InChI is InChI=1S/C25H19ClN2O6S2/c1-12-10-17(13(2)34-12)22(29)20-21(14-4-6-15(26)7-5-14)28(24(31)23(20)30)25-27-18-9-8-16(36(3,32)33)11-19(18)35-25/h4-11,21,29H,1-3H3. The van der Waals surface area contributed by atoms with Gasteiger partial charge in [0.15, 0.2) is 15.0 Å². The molecule has 1 atom stereocenters. The van der Waals surface area contributed by atoms with E-state index in [1.165, 1.54) is 17.0 Å². The first-order valence-electron chi connectivity index (χ1n) is 10.7. The zero-order valence-corrected chi connectivity index (χ0v) is 21.7. The maximum atomic E-state index is 13.3. The summed E-state index contributed by atoms with van der Waals surface area (Å²) in [5, 5.41) is 11.9. The number of ketones is 1. The number of halogens is 1. The fraction of sp³-hybridized carbons (Fsp3) is 0.160. The zero-order valence-electron chi connectivity index (χ0n) is 19.3. The summed E-state index contributed by atoms with van der Waals surface area (Å²) in [6.07, 6.45) is 1.11. The maximum Gasteiger partial charge on any atom is 0.301 e. The van der Waals surface area contributed by atoms with Crippen LogP contribution in [0.1, 0.15) is 28.7 Å². The third kappa shape index (κ3) is 4.01. The lowest BCUT2D eigenvalue weighted by molar-refractivity contribution is -0.132. The van der Waals surface area contributed by atoms with Crippen LogP contribution in [-0.4, -0.2) is 36.5 Å². The number of Topliss-reactive ketones (excluding diaryl/α,β-unsaturated/α-hetero) is 1. The number of anilines is 1. The molecular weight excluding hydrogens is 524 g/mol. The fourth-order valence-corrected chi connectivity index (χ4v) is 6.11. The summed E-state index contributed by atoms with van der Waals surface area (Å²) in [5.41, 5.74) is 1.21. The van der Waals surface area contributed by atoms with Gasteiger partial charge in [0.25, 0.3) is 5.78 Å². The number of hydrogen-bond acceptors (Lipinski definition) is 8. The van der Waals surface area contributed by atoms with Crippen LogP contribution in [-0.2, 0) is 19.4 Å². The van der Waals surface area contributed by atoms with Crippen LogP contribution in [0.15, 0.2) is 63.4 Å². The molecule has 0 bridgehead atoms. The number of aryl methyl sites for hydroxylation is 2. The van der Waals surface area contributed by atoms with Gasteiger partial charge in [0.1, 0.15) is 17.3 Å². The number of sulfone groups is 1. The molecule has 8 nitrogen and oxygen atoms in total. The molecular formula is C25H19ClN2O6S2. The molecule has 1 amide bonds. The number of aromatic nitrogens is 1. The van der Waals surface area contributed by atoms with Gasteiger partial charge in [0, 0.05) is 11.3 Å². The highest BCUT2D eigenvalue weighted by Gasteiger charge is 2.48. The van der Waals surface area contributed by atoms with E-state index in [-0.39, 0.29) is 21.4 Å². The molecule has 2 aromatic heterocycles. The van der Waals surface area contributed by atoms with Crippen molar-refractivity contribution in [3.63, 3.8) is 0 Å². The lowest BCUT2D eigenvalue weighted by atomic mass is 9.95. The van der Waals surface area contributed by atoms with E-state index in [9.17, 15) is 23.1 Å². The molecule has 0 saturated carbocycles. The number of carbonyl (C=O) groups excluding carboxylic acids is 2. The molecule has 1 saturated heterocycles. The summed E-state index contributed by atoms with van der Waals surface area (Å²) in [5.74, 6) is -1.15. The fourth-order valence-electron chi connectivity index (χ4n) is 4.23. The highest BCUT2D eigenvalue weighted by molar-refractivity contribution is 7.90. The average Bonchev–Trinajstić information content (AvgIpc) is 3.46. The van der Waals surface area contributed by atoms with Crippen molar-refractivity contribution in [2.45, 2.75) is 24.8 Å². The Balaban J connectivity index is 1.73. The lowest BCUT2D eigenvalue weighted by Gasteiger charge is -2.22. The van der Waals surface area contributed by atoms with Crippen LogP contribution in [0.3, 0.4) is 0 Å². The van der Waals surface area contributed by atoms with Crippen LogP contribution in [0, 0.1) is 13.8 Å². The van der Waals surface area contributed by atoms with Gasteiger partial charge in [-0.25, -0.2) is 13.4 Å². The van der Waals surface area contributed by atoms with Gasteiger partial charge in [-0.1, -0.05) is 35.1 Å². The van der Waals surface area contributed by atoms with Crippen molar-refractivity contribution >= 4 is 65.6 Å². The second-order valence-electron chi connectivity index (χ2n) is 8.45. The number of thiazole rings is 1. The van der Waals surface area contributed by atoms with Crippen LogP contribution in [0.4, 0.5) is 5.13 Å². The van der Waals surface area contributed by atoms with E-state index in [1.54, 1.807) is 50.2 Å². The van der Waals surface area contributed by atoms with Crippen LogP contribution in [0.2, 0.25) is 5.02 Å². The van der Waals surface area contributed by atoms with Crippen LogP contribution in [0.25, 0.3) is 16.0 Å². The van der Waals surface area contributed by atoms with Crippen LogP contribution >= 0.6 is 22.9 Å². The second kappa shape index (κ2) is 8.58. The van der Waals surface area contributed by atoms with Gasteiger partial charge in [-0.2, -0.15) is 0 Å². The first kappa shape index (κ1) is 24.2. The van der Waals surface area contributed by atoms with Crippen molar-refractivity contribution in [1.82, 2.24) is 4.98 Å². The van der Waals surface area contributed by atoms with Crippen molar-refractivity contribution in [2.24, 2.45) is 0 Å². The number of furan rings is 1. The summed E-state index contributed by atoms with van der Waals surface area (Å²) in [6, 6.07) is 11.7. The van der Waals surface area contributed by atoms with E-state index in [1.807, 2.05) is 0 Å². The largest absolute Gasteiger partial charge is 0.507 e. The topological polar surface area (TPSA) is 118 Å². The van der Waals surface area contributed by atoms with Gasteiger partial charge in [-0.05, 0) is 55.8 Å². The van der Waals surface area contributed by atoms with Crippen LogP contribution in [0.5, 0.6) is 0 Å². The predicted molar refractivity (Wildman–Crippen MR) is 137 cm³/mol. The number of carbonyl (C=O) groups is 2. The minimum Gasteiger partial charge on any atom is -0.507 e. The van der Waals surface area contributed by atoms with Gasteiger partial charge in [0.05, 0.1) is 32.3 Å². The van der Waals surface area contributed by atoms with Crippen molar-refractivity contribution in [2.75, 3.05) is 11.2 Å². The quantitative estimate of drug-likeness (QED) is 0.214. The smallest absolute Gasteiger partial charge is 0.301 e. The summed E-state index contributed by atoms with van der Waals surface area (Å²) in [6.45, 7) is 3.37. The SMILES string of the molecule is Cc1cc(C(O)=C2C(=O)C(=O)N(c3nc4ccc(S(C)(=O)=O)cc4s3)C2c2ccc(Cl)cc2)c(C)o1. The Bertz CT molecular complexity index is 1700. The minimum absolute atomic E-state index is 0.109. The molecule has 1 fully saturated rings. The summed E-state index contributed by atoms with van der Waals surface area (Å²) in [4.78, 5) is 32.5. The Hall–Kier alpha value is -3.47. The van der Waals surface area contributed by atoms with Gasteiger partial charge in [-0.15, -0.1) is 0 Å². The summed E-state index contributed by atoms with van der Waals surface area (Å²) < 4.78 is 30.1. The highest BCUT2D eigenvalue weighted by atomic mass is 35.5. The molecule has 0 aliphatic carbocycles. The monoisotopic (exact) mass is 542 g/mol. The average molecular weight is 543 g/mol. The highest BCUT2D eigenvalue weighted by Crippen LogP contribution is 2.45. The Morgan fingerprint density at radius 3 is 2.42 bits per heavy atom. The molecule has 1 unspecified atom stereocenters. The Morgan fingerprint density at radius 1 is 1.11 bits per heavy atom. The molecule has 0 radical (unpaired) electrons. The molecule has 1 aliphatic rings. The molecule has 1 N–H and O–H groups in total. The second-order valence-corrected chi connectivity index (χ2v) is 11.9. The van der Waals surface area contributed by atoms with Gasteiger partial charge in [0.2, 0.25) is 0 Å². The number of nitrogens with zero attached hydrogens (tertiary/aromatic N) is 2. The maximum absolute atomic E-state index is 13.3. The van der Waals surface area contributed by atoms with E-state index < -0.39 is 27.6 Å². The van der Waals surface area contributed by atoms with Crippen molar-refractivity contribution in [3.05, 3.63) is 81.8 Å². The number of rotatable bonds is 4. The van der Waals surface area contributed by atoms with Crippen molar-refractivity contribution in [1.29, 1.82) is 0 Å². The minimum atomic E-state index is -3.45. The molecule has 0 spiro atoms. The third-order valence-corrected chi connectivity index (χ3v) is 8.29. The Kier molecular flexibility index (Phi) is 5.77. The number of fused-ring (bicyclic) bond motifs is 1. The van der Waals surface area contributed by atoms with Crippen molar-refractivity contribution in [3.8, 4) is 0 Å². The molecule has 5 rings (SSSR count). The lowest BCUT2D eigenvalue weighted by Crippen LogP contribution is -2.29. The number of aliphatic hydroxyl groups excluding tert-OH is 1. The van der Waals surface area contributed by atoms with E-state index in [0.29, 0.717) is 37.9 Å². The molecule has 36 heavy (non-hydrogen) atoms. The van der Waals surface area contributed by atoms with E-state index in [0.717, 1.165) is 17.6 Å². The summed E-state index contributed by atoms with van der Waals surface area (Å²) >= 11 is 7.15. The third-order valence-electron chi connectivity index (χ3n) is 5.91. The molecule has 11 heteroatoms. The molecule has 184 valence electrons. The van der Waals surface area contributed by atoms with Gasteiger partial charge >= 0.3 is 5.91 Å². The molecule has 1 aliphatic heterocycles. The Morgan fingerprint density at radius 2 is 1.81 bits per heavy atom. The van der Waals surface area contributed by atoms with Crippen molar-refractivity contribution < 1.29 is 27.5 Å². The van der Waals surface area contributed by atoms with Gasteiger partial charge in [-0.3, -0.25) is 14.5 Å². The Labute approximate surface area is 215 Å². The number of hydrogen-bond donors (Lipinski definition) is 1. The number of aliphatic hydroxyl groups is 1. The molecule has 4 aromatic rings. The van der Waals surface area contributed by atoms with E-state index in [2.05, 4.69) is 4.98 Å². The van der Waals surface area contributed by atoms with E-state index >= 15 is 0 Å². The molecule has 3 heterocycles. The number of benzene rings is 2. The predicted octanol–water partition coefficient (Wildman–Crippen LogP) is 5.19. The zero-order chi connectivity index (χ0) is 25.9. The summed E-state index contributed by atoms with van der Waals surface area (Å²) in [7, 11) is -3.45. The number of amides is 1. The van der Waals surface area contributed by atoms with E-state index in [4.69, 9.17) is 16.0 Å². The van der Waals surface area contributed by atoms with Gasteiger partial charge < -0.3 is 9.52 Å². The first-order chi connectivity index (χ1) is 17.0.